The molecule has 0 aromatic carbocycles. The van der Waals surface area contributed by atoms with Crippen LogP contribution in [0.3, 0.4) is 0 Å². The van der Waals surface area contributed by atoms with Crippen LogP contribution in [0.1, 0.15) is 12.8 Å². The summed E-state index contributed by atoms with van der Waals surface area (Å²) in [7, 11) is 1.63. The molecule has 0 aromatic rings. The van der Waals surface area contributed by atoms with Gasteiger partial charge in [-0.2, -0.15) is 0 Å². The Hall–Kier alpha value is -0.650. The second-order valence-electron chi connectivity index (χ2n) is 3.72. The number of likely N-dealkylation sites (tertiary alicyclic amines) is 1. The van der Waals surface area contributed by atoms with Gasteiger partial charge in [0, 0.05) is 45.3 Å². The Balaban J connectivity index is 2.25. The zero-order valence-corrected chi connectivity index (χ0v) is 8.61. The van der Waals surface area contributed by atoms with Gasteiger partial charge in [0.15, 0.2) is 0 Å². The maximum Gasteiger partial charge on any atom is 0.222 e. The third-order valence-electron chi connectivity index (χ3n) is 2.50. The molecular weight excluding hydrogens is 182 g/mol. The predicted molar refractivity (Wildman–Crippen MR) is 53.6 cm³/mol. The third kappa shape index (κ3) is 2.94. The minimum atomic E-state index is -0.0682. The lowest BCUT2D eigenvalue weighted by Gasteiger charge is -2.15. The number of hydrogen-bond donors (Lipinski definition) is 2. The lowest BCUT2D eigenvalue weighted by molar-refractivity contribution is -0.130. The lowest BCUT2D eigenvalue weighted by Crippen LogP contribution is -2.39. The number of rotatable bonds is 4. The minimum absolute atomic E-state index is 0.0682. The quantitative estimate of drug-likeness (QED) is 0.566. The highest BCUT2D eigenvalue weighted by Crippen LogP contribution is 2.08. The molecule has 1 unspecified atom stereocenters. The van der Waals surface area contributed by atoms with Crippen molar-refractivity contribution in [2.75, 3.05) is 26.8 Å². The Morgan fingerprint density at radius 1 is 1.43 bits per heavy atom. The van der Waals surface area contributed by atoms with Crippen LogP contribution in [0, 0.1) is 0 Å². The standard InChI is InChI=1S/C9H19N3O2/c1-14-4-2-3-9(13)12-5-7(10)8(11)6-12/h7-8H,2-6,10-11H2,1H3/t7-,8?/m1/s1. The zero-order valence-electron chi connectivity index (χ0n) is 8.61. The second kappa shape index (κ2) is 5.29. The van der Waals surface area contributed by atoms with Crippen molar-refractivity contribution in [2.24, 2.45) is 11.5 Å². The molecule has 5 nitrogen and oxygen atoms in total. The van der Waals surface area contributed by atoms with Gasteiger partial charge in [0.1, 0.15) is 0 Å². The summed E-state index contributed by atoms with van der Waals surface area (Å²) in [6.07, 6.45) is 1.28. The normalized spacial score (nSPS) is 26.9. The van der Waals surface area contributed by atoms with E-state index in [0.29, 0.717) is 26.1 Å². The summed E-state index contributed by atoms with van der Waals surface area (Å²) in [5, 5.41) is 0. The fourth-order valence-electron chi connectivity index (χ4n) is 1.58. The van der Waals surface area contributed by atoms with E-state index in [-0.39, 0.29) is 18.0 Å². The summed E-state index contributed by atoms with van der Waals surface area (Å²) < 4.78 is 4.88. The van der Waals surface area contributed by atoms with Crippen molar-refractivity contribution in [1.82, 2.24) is 4.90 Å². The zero-order chi connectivity index (χ0) is 10.6. The van der Waals surface area contributed by atoms with Crippen LogP contribution in [0.4, 0.5) is 0 Å². The molecule has 1 rings (SSSR count). The predicted octanol–water partition coefficient (Wildman–Crippen LogP) is -1.09. The van der Waals surface area contributed by atoms with Crippen LogP contribution in [-0.2, 0) is 9.53 Å². The number of amides is 1. The van der Waals surface area contributed by atoms with Gasteiger partial charge in [-0.25, -0.2) is 0 Å². The van der Waals surface area contributed by atoms with Crippen molar-refractivity contribution in [1.29, 1.82) is 0 Å². The summed E-state index contributed by atoms with van der Waals surface area (Å²) in [6, 6.07) is -0.136. The van der Waals surface area contributed by atoms with Crippen LogP contribution in [-0.4, -0.2) is 49.7 Å². The monoisotopic (exact) mass is 201 g/mol. The van der Waals surface area contributed by atoms with Crippen LogP contribution in [0.2, 0.25) is 0 Å². The fraction of sp³-hybridized carbons (Fsp3) is 0.889. The van der Waals surface area contributed by atoms with E-state index in [1.54, 1.807) is 12.0 Å². The number of hydrogen-bond acceptors (Lipinski definition) is 4. The average molecular weight is 201 g/mol. The lowest BCUT2D eigenvalue weighted by atomic mass is 10.2. The number of methoxy groups -OCH3 is 1. The molecule has 5 heteroatoms. The van der Waals surface area contributed by atoms with Crippen molar-refractivity contribution >= 4 is 5.91 Å². The molecule has 1 fully saturated rings. The Bertz CT molecular complexity index is 188. The van der Waals surface area contributed by atoms with Crippen molar-refractivity contribution in [2.45, 2.75) is 24.9 Å². The van der Waals surface area contributed by atoms with E-state index in [9.17, 15) is 4.79 Å². The highest BCUT2D eigenvalue weighted by Gasteiger charge is 2.29. The SMILES string of the molecule is COCCCC(=O)N1CC(N)[C@H](N)C1. The van der Waals surface area contributed by atoms with Gasteiger partial charge in [-0.3, -0.25) is 4.79 Å². The van der Waals surface area contributed by atoms with Crippen LogP contribution < -0.4 is 11.5 Å². The molecule has 0 bridgehead atoms. The molecule has 4 N–H and O–H groups in total. The molecule has 82 valence electrons. The molecule has 14 heavy (non-hydrogen) atoms. The summed E-state index contributed by atoms with van der Waals surface area (Å²) in [6.45, 7) is 1.80. The van der Waals surface area contributed by atoms with Gasteiger partial charge in [0.25, 0.3) is 0 Å². The third-order valence-corrected chi connectivity index (χ3v) is 2.50. The van der Waals surface area contributed by atoms with E-state index in [2.05, 4.69) is 0 Å². The van der Waals surface area contributed by atoms with Crippen LogP contribution in [0.15, 0.2) is 0 Å². The highest BCUT2D eigenvalue weighted by molar-refractivity contribution is 5.76. The van der Waals surface area contributed by atoms with Gasteiger partial charge >= 0.3 is 0 Å². The van der Waals surface area contributed by atoms with Gasteiger partial charge in [-0.1, -0.05) is 0 Å². The molecular formula is C9H19N3O2. The maximum absolute atomic E-state index is 11.6. The van der Waals surface area contributed by atoms with E-state index in [1.807, 2.05) is 0 Å². The number of nitrogens with zero attached hydrogens (tertiary/aromatic N) is 1. The Kier molecular flexibility index (Phi) is 4.31. The number of nitrogens with two attached hydrogens (primary N) is 2. The Labute approximate surface area is 84.4 Å². The van der Waals surface area contributed by atoms with E-state index >= 15 is 0 Å². The molecule has 0 spiro atoms. The highest BCUT2D eigenvalue weighted by atomic mass is 16.5. The Morgan fingerprint density at radius 3 is 2.50 bits per heavy atom. The molecule has 0 saturated carbocycles. The van der Waals surface area contributed by atoms with Gasteiger partial charge in [-0.05, 0) is 6.42 Å². The molecule has 1 aliphatic heterocycles. The van der Waals surface area contributed by atoms with E-state index in [4.69, 9.17) is 16.2 Å². The van der Waals surface area contributed by atoms with Gasteiger partial charge in [0.2, 0.25) is 5.91 Å². The second-order valence-corrected chi connectivity index (χ2v) is 3.72. The van der Waals surface area contributed by atoms with Crippen molar-refractivity contribution in [3.05, 3.63) is 0 Å². The smallest absolute Gasteiger partial charge is 0.222 e. The molecule has 1 heterocycles. The molecule has 2 atom stereocenters. The fourth-order valence-corrected chi connectivity index (χ4v) is 1.58. The van der Waals surface area contributed by atoms with Crippen LogP contribution in [0.25, 0.3) is 0 Å². The van der Waals surface area contributed by atoms with E-state index in [0.717, 1.165) is 6.42 Å². The maximum atomic E-state index is 11.6. The van der Waals surface area contributed by atoms with Gasteiger partial charge in [0.05, 0.1) is 0 Å². The van der Waals surface area contributed by atoms with Gasteiger partial charge in [-0.15, -0.1) is 0 Å². The minimum Gasteiger partial charge on any atom is -0.385 e. The summed E-state index contributed by atoms with van der Waals surface area (Å²) in [4.78, 5) is 13.3. The molecule has 1 amide bonds. The topological polar surface area (TPSA) is 81.6 Å². The molecule has 1 aliphatic rings. The largest absolute Gasteiger partial charge is 0.385 e. The first kappa shape index (κ1) is 11.4. The van der Waals surface area contributed by atoms with Crippen molar-refractivity contribution in [3.8, 4) is 0 Å². The number of carbonyl (C=O) groups is 1. The first-order valence-electron chi connectivity index (χ1n) is 4.93. The average Bonchev–Trinajstić information content (AvgIpc) is 2.47. The van der Waals surface area contributed by atoms with E-state index in [1.165, 1.54) is 0 Å². The van der Waals surface area contributed by atoms with Crippen LogP contribution >= 0.6 is 0 Å². The molecule has 0 radical (unpaired) electrons. The number of carbonyl (C=O) groups excluding carboxylic acids is 1. The molecule has 0 aromatic heterocycles. The first-order valence-corrected chi connectivity index (χ1v) is 4.93. The first-order chi connectivity index (χ1) is 6.65. The summed E-state index contributed by atoms with van der Waals surface area (Å²) in [5.74, 6) is 0.130. The summed E-state index contributed by atoms with van der Waals surface area (Å²) >= 11 is 0. The van der Waals surface area contributed by atoms with Crippen molar-refractivity contribution in [3.63, 3.8) is 0 Å². The number of ether oxygens (including phenoxy) is 1. The van der Waals surface area contributed by atoms with Crippen LogP contribution in [0.5, 0.6) is 0 Å². The van der Waals surface area contributed by atoms with Gasteiger partial charge < -0.3 is 21.1 Å². The molecule has 0 aliphatic carbocycles. The van der Waals surface area contributed by atoms with Crippen molar-refractivity contribution < 1.29 is 9.53 Å². The Morgan fingerprint density at radius 2 is 2.00 bits per heavy atom. The molecule has 1 saturated heterocycles. The summed E-state index contributed by atoms with van der Waals surface area (Å²) in [5.41, 5.74) is 11.4. The van der Waals surface area contributed by atoms with E-state index < -0.39 is 0 Å².